The summed E-state index contributed by atoms with van der Waals surface area (Å²) in [4.78, 5) is 2.37. The minimum atomic E-state index is -0.394. The number of hydrogen-bond acceptors (Lipinski definition) is 1. The molecule has 1 nitrogen and oxygen atoms in total. The Balaban J connectivity index is 0.000000531. The van der Waals surface area contributed by atoms with Gasteiger partial charge in [0.2, 0.25) is 0 Å². The standard InChI is InChI=1S/C52H43N.C8H12.C2H6/c1-6-7-16-38(4)52(5)50-21-14-13-20-47(50)48-33-32-45(35-51(48)52)53(43-28-24-40(25-29-43)39-17-9-8-10-18-39)44-30-26-41(27-31-44)42-23-22-37(3)49(34-42)46-19-12-11-15-36(46)2;1-8(2)6-4-3-5-7-8;1-2/h6-35H,1,4H2,2-3,5H3;3-6H,7H2,1-2H3;1-2H3/b16-7-;;. The van der Waals surface area contributed by atoms with Crippen molar-refractivity contribution in [3.63, 3.8) is 0 Å². The zero-order valence-corrected chi connectivity index (χ0v) is 38.2. The number of fused-ring (bicyclic) bond motifs is 3. The maximum Gasteiger partial charge on any atom is 0.0465 e. The Labute approximate surface area is 377 Å². The third kappa shape index (κ3) is 9.30. The Kier molecular flexibility index (Phi) is 13.6. The fourth-order valence-corrected chi connectivity index (χ4v) is 8.80. The lowest BCUT2D eigenvalue weighted by atomic mass is 9.74. The molecule has 0 spiro atoms. The van der Waals surface area contributed by atoms with E-state index in [-0.39, 0.29) is 0 Å². The molecular formula is C62H61N. The van der Waals surface area contributed by atoms with Crippen LogP contribution in [-0.4, -0.2) is 0 Å². The van der Waals surface area contributed by atoms with Crippen LogP contribution in [0, 0.1) is 19.3 Å². The van der Waals surface area contributed by atoms with Gasteiger partial charge in [0.15, 0.2) is 0 Å². The van der Waals surface area contributed by atoms with Crippen LogP contribution in [0.3, 0.4) is 0 Å². The van der Waals surface area contributed by atoms with Crippen LogP contribution in [0.5, 0.6) is 0 Å². The maximum absolute atomic E-state index is 4.60. The first kappa shape index (κ1) is 44.1. The highest BCUT2D eigenvalue weighted by Gasteiger charge is 2.41. The molecule has 1 heteroatoms. The number of rotatable bonds is 9. The van der Waals surface area contributed by atoms with Crippen molar-refractivity contribution in [1.82, 2.24) is 0 Å². The molecule has 0 bridgehead atoms. The molecule has 2 aliphatic carbocycles. The minimum Gasteiger partial charge on any atom is -0.310 e. The molecule has 9 rings (SSSR count). The zero-order valence-electron chi connectivity index (χ0n) is 38.2. The van der Waals surface area contributed by atoms with E-state index in [4.69, 9.17) is 0 Å². The predicted octanol–water partition coefficient (Wildman–Crippen LogP) is 17.9. The van der Waals surface area contributed by atoms with Gasteiger partial charge in [-0.3, -0.25) is 0 Å². The smallest absolute Gasteiger partial charge is 0.0465 e. The zero-order chi connectivity index (χ0) is 44.6. The second-order valence-electron chi connectivity index (χ2n) is 17.1. The highest BCUT2D eigenvalue weighted by atomic mass is 15.1. The van der Waals surface area contributed by atoms with Crippen molar-refractivity contribution >= 4 is 17.1 Å². The van der Waals surface area contributed by atoms with Crippen LogP contribution in [0.2, 0.25) is 0 Å². The van der Waals surface area contributed by atoms with Crippen LogP contribution >= 0.6 is 0 Å². The quantitative estimate of drug-likeness (QED) is 0.131. The number of benzene rings is 7. The number of hydrogen-bond donors (Lipinski definition) is 0. The van der Waals surface area contributed by atoms with E-state index >= 15 is 0 Å². The van der Waals surface area contributed by atoms with Crippen molar-refractivity contribution in [3.8, 4) is 44.5 Å². The van der Waals surface area contributed by atoms with Crippen LogP contribution in [0.1, 0.15) is 63.3 Å². The van der Waals surface area contributed by atoms with Crippen LogP contribution in [0.15, 0.2) is 225 Å². The van der Waals surface area contributed by atoms with Gasteiger partial charge in [-0.25, -0.2) is 0 Å². The number of allylic oxidation sites excluding steroid dienone is 8. The second-order valence-corrected chi connectivity index (χ2v) is 17.1. The van der Waals surface area contributed by atoms with Gasteiger partial charge >= 0.3 is 0 Å². The average molecular weight is 820 g/mol. The molecule has 0 aromatic heterocycles. The van der Waals surface area contributed by atoms with E-state index in [1.54, 1.807) is 0 Å². The van der Waals surface area contributed by atoms with E-state index < -0.39 is 5.41 Å². The Morgan fingerprint density at radius 1 is 0.524 bits per heavy atom. The van der Waals surface area contributed by atoms with E-state index in [2.05, 4.69) is 247 Å². The summed E-state index contributed by atoms with van der Waals surface area (Å²) in [7, 11) is 0. The van der Waals surface area contributed by atoms with Crippen LogP contribution in [-0.2, 0) is 5.41 Å². The van der Waals surface area contributed by atoms with Gasteiger partial charge in [-0.1, -0.05) is 205 Å². The van der Waals surface area contributed by atoms with Crippen molar-refractivity contribution < 1.29 is 0 Å². The van der Waals surface area contributed by atoms with Gasteiger partial charge in [0.25, 0.3) is 0 Å². The summed E-state index contributed by atoms with van der Waals surface area (Å²) in [6.07, 6.45) is 15.8. The topological polar surface area (TPSA) is 3.24 Å². The Morgan fingerprint density at radius 3 is 1.67 bits per heavy atom. The van der Waals surface area contributed by atoms with Gasteiger partial charge < -0.3 is 4.90 Å². The molecule has 2 aliphatic rings. The first-order valence-electron chi connectivity index (χ1n) is 22.4. The number of nitrogens with zero attached hydrogens (tertiary/aromatic N) is 1. The molecule has 0 saturated carbocycles. The van der Waals surface area contributed by atoms with Crippen LogP contribution < -0.4 is 4.90 Å². The van der Waals surface area contributed by atoms with Crippen molar-refractivity contribution in [2.24, 2.45) is 5.41 Å². The molecule has 0 radical (unpaired) electrons. The van der Waals surface area contributed by atoms with E-state index in [1.165, 1.54) is 73.2 Å². The van der Waals surface area contributed by atoms with Crippen molar-refractivity contribution in [2.75, 3.05) is 4.90 Å². The summed E-state index contributed by atoms with van der Waals surface area (Å²) >= 11 is 0. The van der Waals surface area contributed by atoms with E-state index in [0.29, 0.717) is 5.41 Å². The molecule has 1 unspecified atom stereocenters. The summed E-state index contributed by atoms with van der Waals surface area (Å²) in [5, 5.41) is 0. The first-order chi connectivity index (χ1) is 30.6. The third-order valence-corrected chi connectivity index (χ3v) is 12.4. The van der Waals surface area contributed by atoms with E-state index in [0.717, 1.165) is 22.6 Å². The van der Waals surface area contributed by atoms with Crippen LogP contribution in [0.4, 0.5) is 17.1 Å². The molecule has 0 amide bonds. The van der Waals surface area contributed by atoms with E-state index in [1.807, 2.05) is 26.0 Å². The number of aryl methyl sites for hydroxylation is 2. The largest absolute Gasteiger partial charge is 0.310 e. The van der Waals surface area contributed by atoms with Gasteiger partial charge in [-0.15, -0.1) is 0 Å². The lowest BCUT2D eigenvalue weighted by Crippen LogP contribution is -2.22. The lowest BCUT2D eigenvalue weighted by Gasteiger charge is -2.31. The Bertz CT molecular complexity index is 2790. The fraction of sp³-hybridized carbons (Fsp3) is 0.161. The molecule has 7 aromatic rings. The molecule has 0 aliphatic heterocycles. The highest BCUT2D eigenvalue weighted by molar-refractivity contribution is 5.88. The lowest BCUT2D eigenvalue weighted by molar-refractivity contribution is 0.484. The Hall–Kier alpha value is -6.96. The van der Waals surface area contributed by atoms with Gasteiger partial charge in [-0.2, -0.15) is 0 Å². The summed E-state index contributed by atoms with van der Waals surface area (Å²) < 4.78 is 0. The van der Waals surface area contributed by atoms with Gasteiger partial charge in [0.1, 0.15) is 0 Å². The maximum atomic E-state index is 4.60. The molecule has 0 N–H and O–H groups in total. The fourth-order valence-electron chi connectivity index (χ4n) is 8.80. The van der Waals surface area contributed by atoms with Gasteiger partial charge in [0.05, 0.1) is 0 Å². The van der Waals surface area contributed by atoms with Crippen molar-refractivity contribution in [3.05, 3.63) is 247 Å². The molecule has 0 fully saturated rings. The summed E-state index contributed by atoms with van der Waals surface area (Å²) in [5.74, 6) is 0. The van der Waals surface area contributed by atoms with Crippen molar-refractivity contribution in [2.45, 2.75) is 60.3 Å². The summed E-state index contributed by atoms with van der Waals surface area (Å²) in [6, 6.07) is 59.6. The normalized spacial score (nSPS) is 15.3. The molecule has 63 heavy (non-hydrogen) atoms. The molecule has 314 valence electrons. The molecular weight excluding hydrogens is 759 g/mol. The predicted molar refractivity (Wildman–Crippen MR) is 275 cm³/mol. The average Bonchev–Trinajstić information content (AvgIpc) is 3.58. The van der Waals surface area contributed by atoms with Gasteiger partial charge in [-0.05, 0) is 147 Å². The van der Waals surface area contributed by atoms with Gasteiger partial charge in [0, 0.05) is 22.5 Å². The highest BCUT2D eigenvalue weighted by Crippen LogP contribution is 2.54. The van der Waals surface area contributed by atoms with E-state index in [9.17, 15) is 0 Å². The van der Waals surface area contributed by atoms with Crippen molar-refractivity contribution in [1.29, 1.82) is 0 Å². The SMILES string of the molecule is C=C/C=C\C(=C)C1(C)c2ccccc2-c2ccc(N(c3ccc(-c4ccccc4)cc3)c3ccc(-c4ccc(C)c(-c5ccccc5C)c4)cc3)cc21.CC.CC1(C)C=CC=CC1. The summed E-state index contributed by atoms with van der Waals surface area (Å²) in [6.45, 7) is 23.7. The number of anilines is 3. The summed E-state index contributed by atoms with van der Waals surface area (Å²) in [5.41, 5.74) is 19.3. The molecule has 1 atom stereocenters. The molecule has 0 heterocycles. The van der Waals surface area contributed by atoms with Crippen LogP contribution in [0.25, 0.3) is 44.5 Å². The second kappa shape index (κ2) is 19.4. The minimum absolute atomic E-state index is 0.394. The monoisotopic (exact) mass is 819 g/mol. The molecule has 0 saturated heterocycles. The third-order valence-electron chi connectivity index (χ3n) is 12.4. The molecule has 7 aromatic carbocycles. The first-order valence-corrected chi connectivity index (χ1v) is 22.4. The Morgan fingerprint density at radius 2 is 1.06 bits per heavy atom.